The van der Waals surface area contributed by atoms with E-state index in [1.807, 2.05) is 0 Å². The van der Waals surface area contributed by atoms with Gasteiger partial charge in [0.05, 0.1) is 4.91 Å². The zero-order chi connectivity index (χ0) is 12.6. The maximum Gasteiger partial charge on any atom is 0.263 e. The summed E-state index contributed by atoms with van der Waals surface area (Å²) in [6.45, 7) is 0. The van der Waals surface area contributed by atoms with E-state index in [1.54, 1.807) is 0 Å². The van der Waals surface area contributed by atoms with Gasteiger partial charge in [0.15, 0.2) is 11.5 Å². The van der Waals surface area contributed by atoms with Crippen LogP contribution in [0.25, 0.3) is 6.08 Å². The summed E-state index contributed by atoms with van der Waals surface area (Å²) in [5.41, 5.74) is 0.225. The Balaban J connectivity index is 2.43. The molecule has 1 fully saturated rings. The molecule has 4 N–H and O–H groups in total. The number of hydrogen-bond acceptors (Lipinski definition) is 6. The molecule has 0 saturated carbocycles. The molecule has 0 aliphatic carbocycles. The minimum Gasteiger partial charge on any atom is -0.504 e. The second-order valence-corrected chi connectivity index (χ2v) is 4.94. The molecule has 1 amide bonds. The van der Waals surface area contributed by atoms with Crippen molar-refractivity contribution >= 4 is 40.3 Å². The fourth-order valence-corrected chi connectivity index (χ4v) is 2.30. The predicted molar refractivity (Wildman–Crippen MR) is 67.7 cm³/mol. The van der Waals surface area contributed by atoms with E-state index in [1.165, 1.54) is 18.2 Å². The van der Waals surface area contributed by atoms with E-state index in [0.717, 1.165) is 11.8 Å². The van der Waals surface area contributed by atoms with Crippen LogP contribution in [0.4, 0.5) is 0 Å². The Morgan fingerprint density at radius 3 is 2.53 bits per heavy atom. The van der Waals surface area contributed by atoms with Crippen LogP contribution in [0, 0.1) is 0 Å². The first-order chi connectivity index (χ1) is 7.99. The van der Waals surface area contributed by atoms with Crippen molar-refractivity contribution in [2.75, 3.05) is 0 Å². The van der Waals surface area contributed by atoms with E-state index in [4.69, 9.17) is 17.3 Å². The average molecular weight is 269 g/mol. The molecule has 1 saturated heterocycles. The highest BCUT2D eigenvalue weighted by Gasteiger charge is 2.23. The first-order valence-corrected chi connectivity index (χ1v) is 5.70. The van der Waals surface area contributed by atoms with Crippen LogP contribution in [-0.2, 0) is 4.79 Å². The van der Waals surface area contributed by atoms with Gasteiger partial charge in [-0.1, -0.05) is 24.0 Å². The van der Waals surface area contributed by atoms with Gasteiger partial charge in [-0.3, -0.25) is 4.79 Å². The monoisotopic (exact) mass is 269 g/mol. The summed E-state index contributed by atoms with van der Waals surface area (Å²) in [4.78, 5) is 11.7. The Kier molecular flexibility index (Phi) is 2.95. The molecule has 1 aliphatic rings. The molecular weight excluding hydrogens is 262 g/mol. The molecule has 0 atom stereocenters. The van der Waals surface area contributed by atoms with Crippen LogP contribution in [0.5, 0.6) is 17.2 Å². The number of hydrogen-bond donors (Lipinski definition) is 4. The molecule has 0 aromatic heterocycles. The van der Waals surface area contributed by atoms with Crippen LogP contribution >= 0.6 is 24.0 Å². The molecule has 1 aromatic carbocycles. The number of amides is 1. The lowest BCUT2D eigenvalue weighted by atomic mass is 10.1. The zero-order valence-corrected chi connectivity index (χ0v) is 9.93. The summed E-state index contributed by atoms with van der Waals surface area (Å²) >= 11 is 5.87. The van der Waals surface area contributed by atoms with Crippen molar-refractivity contribution in [2.24, 2.45) is 0 Å². The van der Waals surface area contributed by atoms with Gasteiger partial charge in [0, 0.05) is 5.56 Å². The van der Waals surface area contributed by atoms with E-state index >= 15 is 0 Å². The molecule has 5 nitrogen and oxygen atoms in total. The lowest BCUT2D eigenvalue weighted by Crippen LogP contribution is -2.17. The van der Waals surface area contributed by atoms with Gasteiger partial charge in [0.25, 0.3) is 5.91 Å². The van der Waals surface area contributed by atoms with Crippen LogP contribution < -0.4 is 5.32 Å². The minimum absolute atomic E-state index is 0.225. The fourth-order valence-electron chi connectivity index (χ4n) is 1.26. The maximum absolute atomic E-state index is 11.4. The number of phenolic OH excluding ortho intramolecular Hbond substituents is 3. The number of thioether (sulfide) groups is 1. The Morgan fingerprint density at radius 2 is 1.94 bits per heavy atom. The molecule has 0 radical (unpaired) electrons. The predicted octanol–water partition coefficient (Wildman–Crippen LogP) is 1.29. The lowest BCUT2D eigenvalue weighted by molar-refractivity contribution is -0.115. The molecule has 1 heterocycles. The molecule has 0 spiro atoms. The van der Waals surface area contributed by atoms with Crippen molar-refractivity contribution in [3.05, 3.63) is 22.6 Å². The van der Waals surface area contributed by atoms with Gasteiger partial charge >= 0.3 is 0 Å². The van der Waals surface area contributed by atoms with Crippen molar-refractivity contribution < 1.29 is 20.1 Å². The number of aromatic hydroxyl groups is 3. The van der Waals surface area contributed by atoms with Crippen LogP contribution in [0.3, 0.4) is 0 Å². The third-order valence-electron chi connectivity index (χ3n) is 2.09. The minimum atomic E-state index is -0.620. The molecule has 1 aromatic rings. The summed E-state index contributed by atoms with van der Waals surface area (Å²) in [5.74, 6) is -1.88. The van der Waals surface area contributed by atoms with Crippen molar-refractivity contribution in [1.29, 1.82) is 0 Å². The van der Waals surface area contributed by atoms with Gasteiger partial charge in [0.2, 0.25) is 5.75 Å². The molecule has 17 heavy (non-hydrogen) atoms. The van der Waals surface area contributed by atoms with Crippen LogP contribution in [-0.4, -0.2) is 25.5 Å². The highest BCUT2D eigenvalue weighted by atomic mass is 32.2. The van der Waals surface area contributed by atoms with Crippen molar-refractivity contribution in [2.45, 2.75) is 0 Å². The first kappa shape index (κ1) is 11.7. The lowest BCUT2D eigenvalue weighted by Gasteiger charge is -2.04. The van der Waals surface area contributed by atoms with Crippen LogP contribution in [0.15, 0.2) is 17.0 Å². The number of carbonyl (C=O) groups excluding carboxylic acids is 1. The number of carbonyl (C=O) groups is 1. The topological polar surface area (TPSA) is 89.8 Å². The average Bonchev–Trinajstić information content (AvgIpc) is 2.58. The van der Waals surface area contributed by atoms with Crippen LogP contribution in [0.1, 0.15) is 5.56 Å². The van der Waals surface area contributed by atoms with E-state index < -0.39 is 17.2 Å². The quantitative estimate of drug-likeness (QED) is 0.349. The number of benzene rings is 1. The Morgan fingerprint density at radius 1 is 1.24 bits per heavy atom. The zero-order valence-electron chi connectivity index (χ0n) is 8.30. The summed E-state index contributed by atoms with van der Waals surface area (Å²) < 4.78 is 0.337. The second-order valence-electron chi connectivity index (χ2n) is 3.22. The number of nitrogens with one attached hydrogen (secondary N) is 1. The Bertz CT molecular complexity index is 553. The molecule has 7 heteroatoms. The van der Waals surface area contributed by atoms with Gasteiger partial charge in [-0.05, 0) is 18.2 Å². The van der Waals surface area contributed by atoms with Crippen molar-refractivity contribution in [3.8, 4) is 17.2 Å². The Labute approximate surface area is 106 Å². The molecular formula is C10H7NO4S2. The summed E-state index contributed by atoms with van der Waals surface area (Å²) in [5, 5.41) is 30.4. The number of phenols is 3. The van der Waals surface area contributed by atoms with E-state index in [-0.39, 0.29) is 11.5 Å². The SMILES string of the molecule is O=C1NC(=S)S/C1=C\c1ccc(O)c(O)c1O. The van der Waals surface area contributed by atoms with E-state index in [9.17, 15) is 15.0 Å². The van der Waals surface area contributed by atoms with Gasteiger partial charge in [-0.15, -0.1) is 0 Å². The third-order valence-corrected chi connectivity index (χ3v) is 3.25. The van der Waals surface area contributed by atoms with Gasteiger partial charge < -0.3 is 20.6 Å². The molecule has 2 rings (SSSR count). The molecule has 0 bridgehead atoms. The second kappa shape index (κ2) is 4.27. The number of thiocarbonyl (C=S) groups is 1. The molecule has 88 valence electrons. The third kappa shape index (κ3) is 2.20. The fraction of sp³-hybridized carbons (Fsp3) is 0. The smallest absolute Gasteiger partial charge is 0.263 e. The highest BCUT2D eigenvalue weighted by Crippen LogP contribution is 2.39. The number of rotatable bonds is 1. The van der Waals surface area contributed by atoms with Crippen LogP contribution in [0.2, 0.25) is 0 Å². The normalized spacial score (nSPS) is 17.5. The maximum atomic E-state index is 11.4. The largest absolute Gasteiger partial charge is 0.504 e. The summed E-state index contributed by atoms with van der Waals surface area (Å²) in [6.07, 6.45) is 1.38. The van der Waals surface area contributed by atoms with E-state index in [0.29, 0.717) is 9.23 Å². The molecule has 1 aliphatic heterocycles. The molecule has 0 unspecified atom stereocenters. The Hall–Kier alpha value is -1.73. The first-order valence-electron chi connectivity index (χ1n) is 4.48. The van der Waals surface area contributed by atoms with Crippen molar-refractivity contribution in [1.82, 2.24) is 5.32 Å². The van der Waals surface area contributed by atoms with Crippen molar-refractivity contribution in [3.63, 3.8) is 0 Å². The van der Waals surface area contributed by atoms with Gasteiger partial charge in [-0.2, -0.15) is 0 Å². The summed E-state index contributed by atoms with van der Waals surface area (Å²) in [6, 6.07) is 2.60. The standard InChI is InChI=1S/C10H7NO4S2/c12-5-2-1-4(7(13)8(5)14)3-6-9(15)11-10(16)17-6/h1-3,12-14H,(H,11,15,16)/b6-3-. The highest BCUT2D eigenvalue weighted by molar-refractivity contribution is 8.26. The van der Waals surface area contributed by atoms with Gasteiger partial charge in [0.1, 0.15) is 4.32 Å². The van der Waals surface area contributed by atoms with E-state index in [2.05, 4.69) is 5.32 Å². The summed E-state index contributed by atoms with van der Waals surface area (Å²) in [7, 11) is 0. The van der Waals surface area contributed by atoms with Gasteiger partial charge in [-0.25, -0.2) is 0 Å².